The van der Waals surface area contributed by atoms with Gasteiger partial charge in [0.15, 0.2) is 0 Å². The Hall–Kier alpha value is -1.68. The molecule has 0 saturated carbocycles. The number of carbonyl (C=O) groups is 2. The van der Waals surface area contributed by atoms with Crippen LogP contribution in [-0.2, 0) is 24.3 Å². The van der Waals surface area contributed by atoms with E-state index in [2.05, 4.69) is 5.32 Å². The van der Waals surface area contributed by atoms with E-state index in [1.807, 2.05) is 6.92 Å². The standard InChI is InChI=1S/C19H26ClN3O5S/c1-2-14-5-3-4-8-23(14)19(25)18(24)21-17-13-15(6-7-16(17)20)29(26,27)22-9-11-28-12-10-22/h6-7,13-14H,2-5,8-12H2,1H3,(H,21,24). The number of anilines is 1. The number of ether oxygens (including phenoxy) is 1. The fourth-order valence-corrected chi connectivity index (χ4v) is 5.29. The molecule has 0 aromatic heterocycles. The number of likely N-dealkylation sites (tertiary alicyclic amines) is 1. The normalized spacial score (nSPS) is 21.0. The van der Waals surface area contributed by atoms with Crippen molar-refractivity contribution in [2.45, 2.75) is 43.5 Å². The van der Waals surface area contributed by atoms with Crippen molar-refractivity contribution in [3.8, 4) is 0 Å². The van der Waals surface area contributed by atoms with Crippen molar-refractivity contribution >= 4 is 39.1 Å². The largest absolute Gasteiger partial charge is 0.379 e. The zero-order chi connectivity index (χ0) is 21.0. The van der Waals surface area contributed by atoms with Crippen molar-refractivity contribution in [3.63, 3.8) is 0 Å². The molecule has 0 spiro atoms. The van der Waals surface area contributed by atoms with Crippen molar-refractivity contribution in [2.75, 3.05) is 38.2 Å². The molecule has 160 valence electrons. The molecular formula is C19H26ClN3O5S. The number of halogens is 1. The van der Waals surface area contributed by atoms with Gasteiger partial charge in [-0.05, 0) is 43.9 Å². The number of hydrogen-bond acceptors (Lipinski definition) is 5. The third kappa shape index (κ3) is 4.91. The van der Waals surface area contributed by atoms with Crippen LogP contribution in [0, 0.1) is 0 Å². The van der Waals surface area contributed by atoms with Crippen LogP contribution in [0.1, 0.15) is 32.6 Å². The maximum atomic E-state index is 12.8. The number of sulfonamides is 1. The topological polar surface area (TPSA) is 96.0 Å². The minimum absolute atomic E-state index is 0.0101. The van der Waals surface area contributed by atoms with E-state index in [0.717, 1.165) is 25.7 Å². The van der Waals surface area contributed by atoms with Gasteiger partial charge in [0.25, 0.3) is 0 Å². The van der Waals surface area contributed by atoms with Crippen LogP contribution in [0.25, 0.3) is 0 Å². The Morgan fingerprint density at radius 1 is 1.21 bits per heavy atom. The summed E-state index contributed by atoms with van der Waals surface area (Å²) in [6.07, 6.45) is 3.57. The first-order valence-corrected chi connectivity index (χ1v) is 11.7. The van der Waals surface area contributed by atoms with Gasteiger partial charge in [-0.15, -0.1) is 0 Å². The quantitative estimate of drug-likeness (QED) is 0.719. The van der Waals surface area contributed by atoms with Gasteiger partial charge in [-0.25, -0.2) is 8.42 Å². The first-order valence-electron chi connectivity index (χ1n) is 9.84. The number of nitrogens with zero attached hydrogens (tertiary/aromatic N) is 2. The third-order valence-electron chi connectivity index (χ3n) is 5.35. The van der Waals surface area contributed by atoms with Gasteiger partial charge in [-0.2, -0.15) is 4.31 Å². The molecular weight excluding hydrogens is 418 g/mol. The van der Waals surface area contributed by atoms with Crippen molar-refractivity contribution in [3.05, 3.63) is 23.2 Å². The lowest BCUT2D eigenvalue weighted by atomic mass is 10.00. The average Bonchev–Trinajstić information content (AvgIpc) is 2.75. The summed E-state index contributed by atoms with van der Waals surface area (Å²) in [5.74, 6) is -1.43. The fourth-order valence-electron chi connectivity index (χ4n) is 3.70. The van der Waals surface area contributed by atoms with Gasteiger partial charge >= 0.3 is 11.8 Å². The molecule has 2 amide bonds. The van der Waals surface area contributed by atoms with Gasteiger partial charge in [0.1, 0.15) is 0 Å². The number of amides is 2. The SMILES string of the molecule is CCC1CCCCN1C(=O)C(=O)Nc1cc(S(=O)(=O)N2CCOCC2)ccc1Cl. The summed E-state index contributed by atoms with van der Waals surface area (Å²) in [6, 6.07) is 4.14. The zero-order valence-electron chi connectivity index (χ0n) is 16.4. The van der Waals surface area contributed by atoms with Gasteiger partial charge in [0, 0.05) is 25.7 Å². The van der Waals surface area contributed by atoms with Crippen molar-refractivity contribution in [2.24, 2.45) is 0 Å². The van der Waals surface area contributed by atoms with Crippen molar-refractivity contribution < 1.29 is 22.7 Å². The van der Waals surface area contributed by atoms with E-state index in [4.69, 9.17) is 16.3 Å². The number of piperidine rings is 1. The Labute approximate surface area is 176 Å². The summed E-state index contributed by atoms with van der Waals surface area (Å²) in [5.41, 5.74) is 0.101. The predicted molar refractivity (Wildman–Crippen MR) is 109 cm³/mol. The molecule has 1 aromatic rings. The van der Waals surface area contributed by atoms with E-state index >= 15 is 0 Å². The molecule has 2 fully saturated rings. The molecule has 1 atom stereocenters. The lowest BCUT2D eigenvalue weighted by Crippen LogP contribution is -2.48. The molecule has 1 N–H and O–H groups in total. The number of rotatable bonds is 4. The number of carbonyl (C=O) groups excluding carboxylic acids is 2. The van der Waals surface area contributed by atoms with Crippen LogP contribution in [-0.4, -0.2) is 68.3 Å². The summed E-state index contributed by atoms with van der Waals surface area (Å²) >= 11 is 6.15. The van der Waals surface area contributed by atoms with E-state index in [1.165, 1.54) is 22.5 Å². The van der Waals surface area contributed by atoms with Gasteiger partial charge < -0.3 is 15.0 Å². The zero-order valence-corrected chi connectivity index (χ0v) is 18.0. The molecule has 10 heteroatoms. The summed E-state index contributed by atoms with van der Waals surface area (Å²) in [7, 11) is -3.74. The molecule has 0 aliphatic carbocycles. The number of morpholine rings is 1. The fraction of sp³-hybridized carbons (Fsp3) is 0.579. The summed E-state index contributed by atoms with van der Waals surface area (Å²) in [6.45, 7) is 3.73. The van der Waals surface area contributed by atoms with Crippen LogP contribution >= 0.6 is 11.6 Å². The Kier molecular flexibility index (Phi) is 7.15. The second-order valence-corrected chi connectivity index (χ2v) is 9.51. The summed E-state index contributed by atoms with van der Waals surface area (Å²) in [5, 5.41) is 2.66. The molecule has 2 aliphatic heterocycles. The molecule has 2 aliphatic rings. The van der Waals surface area contributed by atoms with Crippen LogP contribution in [0.5, 0.6) is 0 Å². The van der Waals surface area contributed by atoms with Crippen LogP contribution < -0.4 is 5.32 Å². The Balaban J connectivity index is 1.77. The van der Waals surface area contributed by atoms with Gasteiger partial charge in [0.05, 0.1) is 28.8 Å². The first-order chi connectivity index (χ1) is 13.8. The maximum absolute atomic E-state index is 12.8. The summed E-state index contributed by atoms with van der Waals surface area (Å²) in [4.78, 5) is 26.8. The number of nitrogens with one attached hydrogen (secondary N) is 1. The molecule has 8 nitrogen and oxygen atoms in total. The van der Waals surface area contributed by atoms with Crippen LogP contribution in [0.15, 0.2) is 23.1 Å². The van der Waals surface area contributed by atoms with Gasteiger partial charge in [0.2, 0.25) is 10.0 Å². The van der Waals surface area contributed by atoms with Crippen molar-refractivity contribution in [1.82, 2.24) is 9.21 Å². The van der Waals surface area contributed by atoms with E-state index < -0.39 is 21.8 Å². The molecule has 0 bridgehead atoms. The Morgan fingerprint density at radius 3 is 2.62 bits per heavy atom. The first kappa shape index (κ1) is 22.0. The van der Waals surface area contributed by atoms with Gasteiger partial charge in [-0.3, -0.25) is 9.59 Å². The van der Waals surface area contributed by atoms with Crippen LogP contribution in [0.3, 0.4) is 0 Å². The molecule has 29 heavy (non-hydrogen) atoms. The number of hydrogen-bond donors (Lipinski definition) is 1. The average molecular weight is 444 g/mol. The highest BCUT2D eigenvalue weighted by molar-refractivity contribution is 7.89. The minimum Gasteiger partial charge on any atom is -0.379 e. The molecule has 0 radical (unpaired) electrons. The highest BCUT2D eigenvalue weighted by atomic mass is 35.5. The smallest absolute Gasteiger partial charge is 0.313 e. The minimum atomic E-state index is -3.74. The van der Waals surface area contributed by atoms with E-state index in [9.17, 15) is 18.0 Å². The summed E-state index contributed by atoms with van der Waals surface area (Å²) < 4.78 is 32.2. The molecule has 2 saturated heterocycles. The second kappa shape index (κ2) is 9.42. The van der Waals surface area contributed by atoms with E-state index in [0.29, 0.717) is 19.8 Å². The molecule has 1 unspecified atom stereocenters. The molecule has 2 heterocycles. The lowest BCUT2D eigenvalue weighted by molar-refractivity contribution is -0.145. The van der Waals surface area contributed by atoms with Crippen LogP contribution in [0.4, 0.5) is 5.69 Å². The number of benzene rings is 1. The Bertz CT molecular complexity index is 871. The third-order valence-corrected chi connectivity index (χ3v) is 7.57. The van der Waals surface area contributed by atoms with Gasteiger partial charge in [-0.1, -0.05) is 18.5 Å². The van der Waals surface area contributed by atoms with Crippen LogP contribution in [0.2, 0.25) is 5.02 Å². The maximum Gasteiger partial charge on any atom is 0.313 e. The molecule has 1 aromatic carbocycles. The molecule has 3 rings (SSSR count). The van der Waals surface area contributed by atoms with E-state index in [1.54, 1.807) is 4.90 Å². The second-order valence-electron chi connectivity index (χ2n) is 7.17. The van der Waals surface area contributed by atoms with Crippen molar-refractivity contribution in [1.29, 1.82) is 0 Å². The Morgan fingerprint density at radius 2 is 1.93 bits per heavy atom. The highest BCUT2D eigenvalue weighted by Gasteiger charge is 2.31. The predicted octanol–water partition coefficient (Wildman–Crippen LogP) is 2.09. The lowest BCUT2D eigenvalue weighted by Gasteiger charge is -2.34. The highest BCUT2D eigenvalue weighted by Crippen LogP contribution is 2.28. The van der Waals surface area contributed by atoms with E-state index in [-0.39, 0.29) is 34.7 Å². The monoisotopic (exact) mass is 443 g/mol.